The molecule has 1 rings (SSSR count). The van der Waals surface area contributed by atoms with Gasteiger partial charge in [-0.3, -0.25) is 0 Å². The molecule has 16 heavy (non-hydrogen) atoms. The van der Waals surface area contributed by atoms with Crippen molar-refractivity contribution in [2.75, 3.05) is 20.3 Å². The monoisotopic (exact) mass is 227 g/mol. The summed E-state index contributed by atoms with van der Waals surface area (Å²) < 4.78 is 10.3. The summed E-state index contributed by atoms with van der Waals surface area (Å²) in [6.07, 6.45) is 0.314. The lowest BCUT2D eigenvalue weighted by Crippen LogP contribution is -2.23. The molecule has 1 heterocycles. The van der Waals surface area contributed by atoms with Gasteiger partial charge in [0.25, 0.3) is 0 Å². The standard InChI is InChI=1S/C12H21NO3/c1-9-6-11(10(2)16-9)7-13-5-4-12(14)8-15-3/h6,12-14H,4-5,7-8H2,1-3H3. The minimum Gasteiger partial charge on any atom is -0.466 e. The molecule has 92 valence electrons. The Bertz CT molecular complexity index is 309. The summed E-state index contributed by atoms with van der Waals surface area (Å²) in [5.74, 6) is 1.90. The second kappa shape index (κ2) is 6.68. The van der Waals surface area contributed by atoms with Crippen molar-refractivity contribution in [2.45, 2.75) is 32.9 Å². The van der Waals surface area contributed by atoms with Gasteiger partial charge in [-0.2, -0.15) is 0 Å². The molecule has 0 radical (unpaired) electrons. The van der Waals surface area contributed by atoms with E-state index in [4.69, 9.17) is 9.15 Å². The predicted octanol–water partition coefficient (Wildman–Crippen LogP) is 1.38. The fourth-order valence-electron chi connectivity index (χ4n) is 1.63. The maximum absolute atomic E-state index is 9.42. The van der Waals surface area contributed by atoms with Crippen LogP contribution in [0.25, 0.3) is 0 Å². The van der Waals surface area contributed by atoms with E-state index in [1.54, 1.807) is 7.11 Å². The van der Waals surface area contributed by atoms with Gasteiger partial charge in [-0.05, 0) is 32.9 Å². The molecule has 4 nitrogen and oxygen atoms in total. The maximum Gasteiger partial charge on any atom is 0.105 e. The van der Waals surface area contributed by atoms with Crippen molar-refractivity contribution in [2.24, 2.45) is 0 Å². The van der Waals surface area contributed by atoms with E-state index in [2.05, 4.69) is 5.32 Å². The molecule has 1 unspecified atom stereocenters. The number of methoxy groups -OCH3 is 1. The Labute approximate surface area is 96.6 Å². The van der Waals surface area contributed by atoms with E-state index in [-0.39, 0.29) is 6.10 Å². The van der Waals surface area contributed by atoms with Crippen LogP contribution in [0.5, 0.6) is 0 Å². The first kappa shape index (κ1) is 13.2. The van der Waals surface area contributed by atoms with Crippen LogP contribution in [-0.4, -0.2) is 31.5 Å². The number of hydrogen-bond acceptors (Lipinski definition) is 4. The van der Waals surface area contributed by atoms with Gasteiger partial charge in [0.2, 0.25) is 0 Å². The lowest BCUT2D eigenvalue weighted by atomic mass is 10.2. The molecule has 0 fully saturated rings. The number of hydrogen-bond donors (Lipinski definition) is 2. The van der Waals surface area contributed by atoms with Crippen molar-refractivity contribution >= 4 is 0 Å². The van der Waals surface area contributed by atoms with Crippen molar-refractivity contribution in [3.05, 3.63) is 23.2 Å². The van der Waals surface area contributed by atoms with Crippen molar-refractivity contribution in [1.82, 2.24) is 5.32 Å². The predicted molar refractivity (Wildman–Crippen MR) is 62.4 cm³/mol. The molecule has 1 aromatic rings. The van der Waals surface area contributed by atoms with E-state index in [9.17, 15) is 5.11 Å². The van der Waals surface area contributed by atoms with Crippen LogP contribution in [0.15, 0.2) is 10.5 Å². The van der Waals surface area contributed by atoms with E-state index in [1.807, 2.05) is 19.9 Å². The van der Waals surface area contributed by atoms with Crippen molar-refractivity contribution < 1.29 is 14.3 Å². The lowest BCUT2D eigenvalue weighted by molar-refractivity contribution is 0.0594. The van der Waals surface area contributed by atoms with Gasteiger partial charge >= 0.3 is 0 Å². The van der Waals surface area contributed by atoms with Gasteiger partial charge in [0, 0.05) is 19.2 Å². The summed E-state index contributed by atoms with van der Waals surface area (Å²) in [4.78, 5) is 0. The quantitative estimate of drug-likeness (QED) is 0.691. The third-order valence-corrected chi connectivity index (χ3v) is 2.47. The van der Waals surface area contributed by atoms with Gasteiger partial charge in [-0.25, -0.2) is 0 Å². The van der Waals surface area contributed by atoms with Crippen LogP contribution in [0.3, 0.4) is 0 Å². The van der Waals surface area contributed by atoms with Crippen LogP contribution in [-0.2, 0) is 11.3 Å². The van der Waals surface area contributed by atoms with Crippen molar-refractivity contribution in [1.29, 1.82) is 0 Å². The normalized spacial score (nSPS) is 13.0. The summed E-state index contributed by atoms with van der Waals surface area (Å²) in [7, 11) is 1.59. The Morgan fingerprint density at radius 1 is 1.50 bits per heavy atom. The zero-order chi connectivity index (χ0) is 12.0. The molecule has 0 saturated heterocycles. The van der Waals surface area contributed by atoms with E-state index < -0.39 is 0 Å². The van der Waals surface area contributed by atoms with Crippen molar-refractivity contribution in [3.63, 3.8) is 0 Å². The number of aryl methyl sites for hydroxylation is 2. The third kappa shape index (κ3) is 4.35. The fraction of sp³-hybridized carbons (Fsp3) is 0.667. The Morgan fingerprint density at radius 3 is 2.81 bits per heavy atom. The molecular formula is C12H21NO3. The molecule has 2 N–H and O–H groups in total. The van der Waals surface area contributed by atoms with Crippen LogP contribution in [0.2, 0.25) is 0 Å². The molecule has 0 spiro atoms. The second-order valence-electron chi connectivity index (χ2n) is 4.01. The van der Waals surface area contributed by atoms with Crippen molar-refractivity contribution in [3.8, 4) is 0 Å². The Balaban J connectivity index is 2.18. The zero-order valence-corrected chi connectivity index (χ0v) is 10.2. The number of aliphatic hydroxyl groups is 1. The average Bonchev–Trinajstić information content (AvgIpc) is 2.53. The second-order valence-corrected chi connectivity index (χ2v) is 4.01. The van der Waals surface area contributed by atoms with Gasteiger partial charge in [-0.1, -0.05) is 0 Å². The summed E-state index contributed by atoms with van der Waals surface area (Å²) in [6, 6.07) is 2.04. The van der Waals surface area contributed by atoms with Crippen LogP contribution in [0, 0.1) is 13.8 Å². The highest BCUT2D eigenvalue weighted by molar-refractivity contribution is 5.19. The third-order valence-electron chi connectivity index (χ3n) is 2.47. The first-order chi connectivity index (χ1) is 7.63. The molecule has 1 atom stereocenters. The Morgan fingerprint density at radius 2 is 2.25 bits per heavy atom. The van der Waals surface area contributed by atoms with Gasteiger partial charge in [-0.15, -0.1) is 0 Å². The molecule has 0 aromatic carbocycles. The van der Waals surface area contributed by atoms with Gasteiger partial charge in [0.05, 0.1) is 12.7 Å². The first-order valence-electron chi connectivity index (χ1n) is 5.57. The van der Waals surface area contributed by atoms with E-state index in [1.165, 1.54) is 5.56 Å². The van der Waals surface area contributed by atoms with Crippen LogP contribution in [0.1, 0.15) is 23.5 Å². The molecule has 0 aliphatic carbocycles. The SMILES string of the molecule is COCC(O)CCNCc1cc(C)oc1C. The lowest BCUT2D eigenvalue weighted by Gasteiger charge is -2.09. The highest BCUT2D eigenvalue weighted by atomic mass is 16.5. The maximum atomic E-state index is 9.42. The Kier molecular flexibility index (Phi) is 5.52. The number of nitrogens with one attached hydrogen (secondary N) is 1. The highest BCUT2D eigenvalue weighted by Crippen LogP contribution is 2.12. The van der Waals surface area contributed by atoms with Crippen LogP contribution >= 0.6 is 0 Å². The van der Waals surface area contributed by atoms with Gasteiger partial charge in [0.15, 0.2) is 0 Å². The molecule has 0 amide bonds. The minimum absolute atomic E-state index is 0.385. The zero-order valence-electron chi connectivity index (χ0n) is 10.2. The van der Waals surface area contributed by atoms with E-state index in [0.29, 0.717) is 13.0 Å². The Hall–Kier alpha value is -0.840. The molecule has 0 saturated carbocycles. The highest BCUT2D eigenvalue weighted by Gasteiger charge is 2.05. The van der Waals surface area contributed by atoms with Gasteiger partial charge < -0.3 is 19.6 Å². The number of aliphatic hydroxyl groups excluding tert-OH is 1. The first-order valence-corrected chi connectivity index (χ1v) is 5.57. The smallest absolute Gasteiger partial charge is 0.105 e. The number of furan rings is 1. The molecule has 4 heteroatoms. The topological polar surface area (TPSA) is 54.6 Å². The van der Waals surface area contributed by atoms with E-state index >= 15 is 0 Å². The average molecular weight is 227 g/mol. The number of rotatable bonds is 7. The summed E-state index contributed by atoms with van der Waals surface area (Å²) in [5.41, 5.74) is 1.18. The summed E-state index contributed by atoms with van der Waals surface area (Å²) in [6.45, 7) is 5.85. The summed E-state index contributed by atoms with van der Waals surface area (Å²) >= 11 is 0. The molecule has 0 aliphatic heterocycles. The van der Waals surface area contributed by atoms with Crippen LogP contribution in [0.4, 0.5) is 0 Å². The van der Waals surface area contributed by atoms with E-state index in [0.717, 1.165) is 24.6 Å². The minimum atomic E-state index is -0.385. The fourth-order valence-corrected chi connectivity index (χ4v) is 1.63. The molecular weight excluding hydrogens is 206 g/mol. The summed E-state index contributed by atoms with van der Waals surface area (Å²) in [5, 5.41) is 12.7. The number of ether oxygens (including phenoxy) is 1. The largest absolute Gasteiger partial charge is 0.466 e. The van der Waals surface area contributed by atoms with Gasteiger partial charge in [0.1, 0.15) is 11.5 Å². The van der Waals surface area contributed by atoms with Crippen LogP contribution < -0.4 is 5.32 Å². The molecule has 0 aliphatic rings. The molecule has 0 bridgehead atoms. The molecule has 1 aromatic heterocycles.